The molecule has 0 aliphatic rings. The summed E-state index contributed by atoms with van der Waals surface area (Å²) in [5.74, 6) is -0.0427. The molecule has 87 heavy (non-hydrogen) atoms. The van der Waals surface area contributed by atoms with Crippen LogP contribution in [0.25, 0.3) is 0 Å². The maximum atomic E-state index is 12.6. The van der Waals surface area contributed by atoms with Gasteiger partial charge in [0.2, 0.25) is 5.91 Å². The van der Waals surface area contributed by atoms with E-state index in [9.17, 15) is 19.8 Å². The molecule has 2 unspecified atom stereocenters. The number of carbonyl (C=O) groups is 2. The van der Waals surface area contributed by atoms with Gasteiger partial charge in [0.05, 0.1) is 25.4 Å². The van der Waals surface area contributed by atoms with Gasteiger partial charge in [0.1, 0.15) is 0 Å². The van der Waals surface area contributed by atoms with Gasteiger partial charge in [-0.1, -0.05) is 411 Å². The van der Waals surface area contributed by atoms with Crippen LogP contribution in [0, 0.1) is 0 Å². The number of hydrogen-bond acceptors (Lipinski definition) is 5. The molecule has 0 saturated heterocycles. The fourth-order valence-electron chi connectivity index (χ4n) is 12.9. The summed E-state index contributed by atoms with van der Waals surface area (Å²) >= 11 is 0. The molecule has 0 aromatic carbocycles. The molecular weight excluding hydrogens is 1070 g/mol. The Hall–Kier alpha value is -1.66. The third kappa shape index (κ3) is 73.3. The van der Waals surface area contributed by atoms with Gasteiger partial charge in [0.15, 0.2) is 0 Å². The fourth-order valence-corrected chi connectivity index (χ4v) is 12.9. The maximum absolute atomic E-state index is 12.6. The summed E-state index contributed by atoms with van der Waals surface area (Å²) < 4.78 is 5.51. The normalized spacial score (nSPS) is 12.6. The number of amides is 1. The van der Waals surface area contributed by atoms with E-state index in [1.54, 1.807) is 6.08 Å². The van der Waals surface area contributed by atoms with Gasteiger partial charge in [-0.2, -0.15) is 0 Å². The first-order valence-corrected chi connectivity index (χ1v) is 40.1. The lowest BCUT2D eigenvalue weighted by Crippen LogP contribution is -2.45. The van der Waals surface area contributed by atoms with E-state index < -0.39 is 12.1 Å². The molecule has 0 aromatic rings. The largest absolute Gasteiger partial charge is 0.466 e. The summed E-state index contributed by atoms with van der Waals surface area (Å²) in [6.45, 7) is 4.96. The van der Waals surface area contributed by atoms with Crippen LogP contribution >= 0.6 is 0 Å². The van der Waals surface area contributed by atoms with Crippen molar-refractivity contribution >= 4 is 11.9 Å². The molecule has 3 N–H and O–H groups in total. The van der Waals surface area contributed by atoms with Crippen molar-refractivity contribution in [1.82, 2.24) is 5.32 Å². The Balaban J connectivity index is 3.36. The number of nitrogens with one attached hydrogen (secondary N) is 1. The Kier molecular flexibility index (Phi) is 75.3. The number of esters is 1. The Bertz CT molecular complexity index is 1360. The summed E-state index contributed by atoms with van der Waals surface area (Å²) in [7, 11) is 0. The fraction of sp³-hybridized carbons (Fsp3) is 0.926. The van der Waals surface area contributed by atoms with Gasteiger partial charge in [-0.05, 0) is 57.8 Å². The lowest BCUT2D eigenvalue weighted by molar-refractivity contribution is -0.143. The highest BCUT2D eigenvalue weighted by Gasteiger charge is 2.18. The minimum Gasteiger partial charge on any atom is -0.466 e. The van der Waals surface area contributed by atoms with Crippen LogP contribution in [-0.4, -0.2) is 47.4 Å². The minimum absolute atomic E-state index is 0.0167. The molecule has 0 rings (SSSR count). The Morgan fingerprint density at radius 3 is 0.816 bits per heavy atom. The van der Waals surface area contributed by atoms with Crippen molar-refractivity contribution in [3.8, 4) is 0 Å². The molecule has 6 nitrogen and oxygen atoms in total. The number of aliphatic hydroxyl groups is 2. The summed E-state index contributed by atoms with van der Waals surface area (Å²) in [4.78, 5) is 24.7. The summed E-state index contributed by atoms with van der Waals surface area (Å²) in [5.41, 5.74) is 0. The molecule has 0 heterocycles. The zero-order valence-corrected chi connectivity index (χ0v) is 59.3. The number of hydrogen-bond donors (Lipinski definition) is 3. The molecule has 0 aliphatic heterocycles. The molecule has 6 heteroatoms. The standard InChI is InChI=1S/C81H157NO5/c1-3-5-7-9-11-13-15-17-19-21-23-24-25-32-35-38-41-45-49-53-57-61-65-69-73-79(84)78(77-83)82-80(85)74-70-66-62-58-54-50-46-42-39-36-33-30-28-26-27-29-31-34-37-40-44-48-52-56-60-64-68-72-76-87-81(86)75-71-67-63-59-55-51-47-43-22-20-18-16-14-12-10-8-6-4-2/h20,22,69,73,78-79,83-84H,3-19,21,23-68,70-72,74-77H2,1-2H3,(H,82,85)/b22-20-,73-69+. The average Bonchev–Trinajstić information content (AvgIpc) is 3.53. The van der Waals surface area contributed by atoms with E-state index in [4.69, 9.17) is 4.74 Å². The topological polar surface area (TPSA) is 95.9 Å². The first-order chi connectivity index (χ1) is 43.0. The van der Waals surface area contributed by atoms with E-state index in [-0.39, 0.29) is 18.5 Å². The second-order valence-electron chi connectivity index (χ2n) is 27.8. The highest BCUT2D eigenvalue weighted by molar-refractivity contribution is 5.76. The van der Waals surface area contributed by atoms with Crippen LogP contribution in [0.2, 0.25) is 0 Å². The van der Waals surface area contributed by atoms with Gasteiger partial charge in [-0.25, -0.2) is 0 Å². The lowest BCUT2D eigenvalue weighted by Gasteiger charge is -2.20. The van der Waals surface area contributed by atoms with Crippen LogP contribution in [0.1, 0.15) is 457 Å². The van der Waals surface area contributed by atoms with Crippen LogP contribution in [0.3, 0.4) is 0 Å². The second kappa shape index (κ2) is 76.8. The van der Waals surface area contributed by atoms with Crippen molar-refractivity contribution in [2.75, 3.05) is 13.2 Å². The zero-order valence-electron chi connectivity index (χ0n) is 59.3. The molecule has 0 aromatic heterocycles. The highest BCUT2D eigenvalue weighted by atomic mass is 16.5. The summed E-state index contributed by atoms with van der Waals surface area (Å²) in [6.07, 6.45) is 98.7. The van der Waals surface area contributed by atoms with Crippen molar-refractivity contribution in [2.24, 2.45) is 0 Å². The number of unbranched alkanes of at least 4 members (excludes halogenated alkanes) is 63. The molecular formula is C81H157NO5. The summed E-state index contributed by atoms with van der Waals surface area (Å²) in [6, 6.07) is -0.627. The third-order valence-corrected chi connectivity index (χ3v) is 19.0. The van der Waals surface area contributed by atoms with Crippen LogP contribution < -0.4 is 5.32 Å². The average molecular weight is 1230 g/mol. The van der Waals surface area contributed by atoms with Crippen LogP contribution in [0.4, 0.5) is 0 Å². The van der Waals surface area contributed by atoms with E-state index in [1.165, 1.54) is 385 Å². The van der Waals surface area contributed by atoms with E-state index in [2.05, 4.69) is 31.3 Å². The van der Waals surface area contributed by atoms with Gasteiger partial charge in [-0.3, -0.25) is 9.59 Å². The summed E-state index contributed by atoms with van der Waals surface area (Å²) in [5, 5.41) is 23.3. The lowest BCUT2D eigenvalue weighted by atomic mass is 10.0. The SMILES string of the molecule is CCCCCCCCC/C=C\CCCCCCCCCC(=O)OCCCCCCCCCCCCCCCCCCCCCCCCCCCCCCC(=O)NC(CO)C(O)/C=C/CCCCCCCCCCCCCCCCCCCCCCCC. The molecule has 2 atom stereocenters. The number of ether oxygens (including phenoxy) is 1. The minimum atomic E-state index is -0.844. The molecule has 0 radical (unpaired) electrons. The predicted molar refractivity (Wildman–Crippen MR) is 384 cm³/mol. The van der Waals surface area contributed by atoms with Gasteiger partial charge in [-0.15, -0.1) is 0 Å². The number of aliphatic hydroxyl groups excluding tert-OH is 2. The molecule has 1 amide bonds. The molecule has 516 valence electrons. The number of rotatable bonds is 76. The molecule has 0 spiro atoms. The molecule has 0 aliphatic carbocycles. The molecule has 0 bridgehead atoms. The van der Waals surface area contributed by atoms with Gasteiger partial charge >= 0.3 is 5.97 Å². The third-order valence-electron chi connectivity index (χ3n) is 19.0. The molecule has 0 fully saturated rings. The first-order valence-electron chi connectivity index (χ1n) is 40.1. The second-order valence-corrected chi connectivity index (χ2v) is 27.8. The number of allylic oxidation sites excluding steroid dienone is 3. The smallest absolute Gasteiger partial charge is 0.305 e. The van der Waals surface area contributed by atoms with Crippen molar-refractivity contribution in [3.05, 3.63) is 24.3 Å². The van der Waals surface area contributed by atoms with Crippen molar-refractivity contribution < 1.29 is 24.5 Å². The molecule has 0 saturated carbocycles. The maximum Gasteiger partial charge on any atom is 0.305 e. The first kappa shape index (κ1) is 85.3. The van der Waals surface area contributed by atoms with Crippen LogP contribution in [0.15, 0.2) is 24.3 Å². The van der Waals surface area contributed by atoms with Crippen molar-refractivity contribution in [1.29, 1.82) is 0 Å². The number of carbonyl (C=O) groups excluding carboxylic acids is 2. The van der Waals surface area contributed by atoms with E-state index >= 15 is 0 Å². The van der Waals surface area contributed by atoms with Crippen molar-refractivity contribution in [3.63, 3.8) is 0 Å². The van der Waals surface area contributed by atoms with Gasteiger partial charge in [0, 0.05) is 12.8 Å². The van der Waals surface area contributed by atoms with Gasteiger partial charge < -0.3 is 20.3 Å². The Morgan fingerprint density at radius 1 is 0.310 bits per heavy atom. The van der Waals surface area contributed by atoms with E-state index in [0.29, 0.717) is 19.4 Å². The van der Waals surface area contributed by atoms with Crippen LogP contribution in [-0.2, 0) is 14.3 Å². The monoisotopic (exact) mass is 1220 g/mol. The quantitative estimate of drug-likeness (QED) is 0.0320. The van der Waals surface area contributed by atoms with E-state index in [1.807, 2.05) is 6.08 Å². The Morgan fingerprint density at radius 2 is 0.540 bits per heavy atom. The zero-order chi connectivity index (χ0) is 62.8. The Labute approximate surface area is 545 Å². The predicted octanol–water partition coefficient (Wildman–Crippen LogP) is 26.4. The van der Waals surface area contributed by atoms with Crippen molar-refractivity contribution in [2.45, 2.75) is 469 Å². The van der Waals surface area contributed by atoms with Gasteiger partial charge in [0.25, 0.3) is 0 Å². The van der Waals surface area contributed by atoms with E-state index in [0.717, 1.165) is 44.9 Å². The van der Waals surface area contributed by atoms with Crippen LogP contribution in [0.5, 0.6) is 0 Å². The highest BCUT2D eigenvalue weighted by Crippen LogP contribution is 2.20.